The van der Waals surface area contributed by atoms with Gasteiger partial charge in [-0.25, -0.2) is 0 Å². The average Bonchev–Trinajstić information content (AvgIpc) is 2.66. The highest BCUT2D eigenvalue weighted by Crippen LogP contribution is 2.18. The van der Waals surface area contributed by atoms with Gasteiger partial charge in [-0.15, -0.1) is 0 Å². The van der Waals surface area contributed by atoms with Gasteiger partial charge in [0, 0.05) is 5.69 Å². The number of aryl methyl sites for hydroxylation is 1. The zero-order chi connectivity index (χ0) is 19.3. The summed E-state index contributed by atoms with van der Waals surface area (Å²) in [6, 6.07) is 15.1. The van der Waals surface area contributed by atoms with E-state index in [4.69, 9.17) is 9.47 Å². The Bertz CT molecular complexity index is 682. The third-order valence-corrected chi connectivity index (χ3v) is 4.26. The van der Waals surface area contributed by atoms with Crippen LogP contribution in [0.1, 0.15) is 51.0 Å². The molecule has 0 bridgehead atoms. The summed E-state index contributed by atoms with van der Waals surface area (Å²) in [5.41, 5.74) is 1.88. The Morgan fingerprint density at radius 1 is 0.889 bits per heavy atom. The van der Waals surface area contributed by atoms with Crippen LogP contribution in [0.15, 0.2) is 48.5 Å². The van der Waals surface area contributed by atoms with E-state index in [1.165, 1.54) is 32.1 Å². The van der Waals surface area contributed by atoms with E-state index in [1.807, 2.05) is 55.5 Å². The zero-order valence-electron chi connectivity index (χ0n) is 16.5. The lowest BCUT2D eigenvalue weighted by molar-refractivity contribution is -0.118. The molecule has 27 heavy (non-hydrogen) atoms. The van der Waals surface area contributed by atoms with E-state index in [0.29, 0.717) is 5.75 Å². The first-order valence-electron chi connectivity index (χ1n) is 9.89. The molecule has 0 aliphatic carbocycles. The fourth-order valence-corrected chi connectivity index (χ4v) is 2.77. The number of hydrogen-bond donors (Lipinski definition) is 1. The van der Waals surface area contributed by atoms with Gasteiger partial charge in [0.25, 0.3) is 5.91 Å². The molecule has 0 atom stereocenters. The normalized spacial score (nSPS) is 10.4. The highest BCUT2D eigenvalue weighted by Gasteiger charge is 2.04. The largest absolute Gasteiger partial charge is 0.494 e. The third kappa shape index (κ3) is 8.63. The number of amides is 1. The van der Waals surface area contributed by atoms with E-state index >= 15 is 0 Å². The van der Waals surface area contributed by atoms with E-state index in [0.717, 1.165) is 30.0 Å². The van der Waals surface area contributed by atoms with Gasteiger partial charge < -0.3 is 14.8 Å². The molecule has 2 rings (SSSR count). The predicted molar refractivity (Wildman–Crippen MR) is 111 cm³/mol. The molecule has 2 aromatic carbocycles. The van der Waals surface area contributed by atoms with Gasteiger partial charge in [0.2, 0.25) is 0 Å². The number of rotatable bonds is 12. The lowest BCUT2D eigenvalue weighted by atomic mass is 10.1. The van der Waals surface area contributed by atoms with Crippen molar-refractivity contribution in [2.75, 3.05) is 18.5 Å². The lowest BCUT2D eigenvalue weighted by Crippen LogP contribution is -2.20. The molecule has 0 saturated carbocycles. The molecular formula is C23H31NO3. The van der Waals surface area contributed by atoms with Crippen molar-refractivity contribution in [2.24, 2.45) is 0 Å². The number of benzene rings is 2. The molecule has 0 unspecified atom stereocenters. The summed E-state index contributed by atoms with van der Waals surface area (Å²) in [6.45, 7) is 4.94. The van der Waals surface area contributed by atoms with Crippen molar-refractivity contribution in [3.8, 4) is 11.5 Å². The number of carbonyl (C=O) groups is 1. The predicted octanol–water partition coefficient (Wildman–Crippen LogP) is 5.75. The Labute approximate surface area is 162 Å². The number of carbonyl (C=O) groups excluding carboxylic acids is 1. The highest BCUT2D eigenvalue weighted by atomic mass is 16.5. The Balaban J connectivity index is 1.64. The molecular weight excluding hydrogens is 338 g/mol. The molecule has 0 spiro atoms. The van der Waals surface area contributed by atoms with Gasteiger partial charge in [-0.2, -0.15) is 0 Å². The SMILES string of the molecule is CCCCCCCCOc1ccc(OCC(=O)Nc2cccc(C)c2)cc1. The van der Waals surface area contributed by atoms with Crippen LogP contribution in [0.2, 0.25) is 0 Å². The first-order valence-corrected chi connectivity index (χ1v) is 9.89. The van der Waals surface area contributed by atoms with Crippen molar-refractivity contribution in [3.63, 3.8) is 0 Å². The molecule has 0 fully saturated rings. The molecule has 0 aliphatic rings. The summed E-state index contributed by atoms with van der Waals surface area (Å²) in [6.07, 6.45) is 7.51. The molecule has 2 aromatic rings. The van der Waals surface area contributed by atoms with Crippen LogP contribution in [-0.2, 0) is 4.79 Å². The van der Waals surface area contributed by atoms with Crippen LogP contribution < -0.4 is 14.8 Å². The number of ether oxygens (including phenoxy) is 2. The second kappa shape index (κ2) is 12.0. The van der Waals surface area contributed by atoms with Gasteiger partial charge in [0.1, 0.15) is 11.5 Å². The summed E-state index contributed by atoms with van der Waals surface area (Å²) in [5.74, 6) is 1.31. The monoisotopic (exact) mass is 369 g/mol. The number of hydrogen-bond acceptors (Lipinski definition) is 3. The first kappa shape index (κ1) is 20.8. The molecule has 0 radical (unpaired) electrons. The van der Waals surface area contributed by atoms with Crippen LogP contribution >= 0.6 is 0 Å². The fraction of sp³-hybridized carbons (Fsp3) is 0.435. The second-order valence-electron chi connectivity index (χ2n) is 6.79. The maximum Gasteiger partial charge on any atom is 0.262 e. The second-order valence-corrected chi connectivity index (χ2v) is 6.79. The molecule has 4 nitrogen and oxygen atoms in total. The van der Waals surface area contributed by atoms with Crippen LogP contribution in [0, 0.1) is 6.92 Å². The molecule has 0 aliphatic heterocycles. The maximum atomic E-state index is 12.0. The molecule has 1 N–H and O–H groups in total. The smallest absolute Gasteiger partial charge is 0.262 e. The standard InChI is InChI=1S/C23H31NO3/c1-3-4-5-6-7-8-16-26-21-12-14-22(15-13-21)27-18-23(25)24-20-11-9-10-19(2)17-20/h9-15,17H,3-8,16,18H2,1-2H3,(H,24,25). The van der Waals surface area contributed by atoms with E-state index in [2.05, 4.69) is 12.2 Å². The van der Waals surface area contributed by atoms with Crippen LogP contribution in [-0.4, -0.2) is 19.1 Å². The molecule has 4 heteroatoms. The Kier molecular flexibility index (Phi) is 9.25. The van der Waals surface area contributed by atoms with Gasteiger partial charge in [-0.1, -0.05) is 51.2 Å². The summed E-state index contributed by atoms with van der Waals surface area (Å²) in [5, 5.41) is 2.83. The number of anilines is 1. The molecule has 0 saturated heterocycles. The summed E-state index contributed by atoms with van der Waals surface area (Å²) in [7, 11) is 0. The quantitative estimate of drug-likeness (QED) is 0.484. The summed E-state index contributed by atoms with van der Waals surface area (Å²) in [4.78, 5) is 12.0. The van der Waals surface area contributed by atoms with Gasteiger partial charge >= 0.3 is 0 Å². The first-order chi connectivity index (χ1) is 13.2. The third-order valence-electron chi connectivity index (χ3n) is 4.26. The average molecular weight is 370 g/mol. The minimum absolute atomic E-state index is 0.0219. The van der Waals surface area contributed by atoms with Crippen LogP contribution in [0.4, 0.5) is 5.69 Å². The highest BCUT2D eigenvalue weighted by molar-refractivity contribution is 5.91. The summed E-state index contributed by atoms with van der Waals surface area (Å²) < 4.78 is 11.3. The van der Waals surface area contributed by atoms with Gasteiger partial charge in [-0.3, -0.25) is 4.79 Å². The van der Waals surface area contributed by atoms with Gasteiger partial charge in [0.05, 0.1) is 6.61 Å². The molecule has 0 heterocycles. The van der Waals surface area contributed by atoms with Crippen LogP contribution in [0.5, 0.6) is 11.5 Å². The van der Waals surface area contributed by atoms with E-state index in [1.54, 1.807) is 0 Å². The maximum absolute atomic E-state index is 12.0. The Morgan fingerprint density at radius 2 is 1.56 bits per heavy atom. The van der Waals surface area contributed by atoms with Crippen LogP contribution in [0.3, 0.4) is 0 Å². The topological polar surface area (TPSA) is 47.6 Å². The van der Waals surface area contributed by atoms with Crippen molar-refractivity contribution in [1.29, 1.82) is 0 Å². The lowest BCUT2D eigenvalue weighted by Gasteiger charge is -2.09. The van der Waals surface area contributed by atoms with Crippen LogP contribution in [0.25, 0.3) is 0 Å². The minimum Gasteiger partial charge on any atom is -0.494 e. The Hall–Kier alpha value is -2.49. The Morgan fingerprint density at radius 3 is 2.26 bits per heavy atom. The van der Waals surface area contributed by atoms with Crippen molar-refractivity contribution in [3.05, 3.63) is 54.1 Å². The molecule has 0 aromatic heterocycles. The van der Waals surface area contributed by atoms with Crippen molar-refractivity contribution < 1.29 is 14.3 Å². The van der Waals surface area contributed by atoms with Gasteiger partial charge in [-0.05, 0) is 55.3 Å². The van der Waals surface area contributed by atoms with Crippen molar-refractivity contribution in [2.45, 2.75) is 52.4 Å². The van der Waals surface area contributed by atoms with E-state index < -0.39 is 0 Å². The van der Waals surface area contributed by atoms with E-state index in [9.17, 15) is 4.79 Å². The fourth-order valence-electron chi connectivity index (χ4n) is 2.77. The zero-order valence-corrected chi connectivity index (χ0v) is 16.5. The molecule has 146 valence electrons. The minimum atomic E-state index is -0.177. The molecule has 1 amide bonds. The summed E-state index contributed by atoms with van der Waals surface area (Å²) >= 11 is 0. The van der Waals surface area contributed by atoms with Crippen molar-refractivity contribution in [1.82, 2.24) is 0 Å². The van der Waals surface area contributed by atoms with E-state index in [-0.39, 0.29) is 12.5 Å². The number of unbranched alkanes of at least 4 members (excludes halogenated alkanes) is 5. The number of nitrogens with one attached hydrogen (secondary N) is 1. The van der Waals surface area contributed by atoms with Gasteiger partial charge in [0.15, 0.2) is 6.61 Å². The van der Waals surface area contributed by atoms with Crippen molar-refractivity contribution >= 4 is 11.6 Å².